The molecule has 0 saturated heterocycles. The van der Waals surface area contributed by atoms with Crippen LogP contribution in [0.2, 0.25) is 0 Å². The second-order valence-electron chi connectivity index (χ2n) is 15.0. The predicted molar refractivity (Wildman–Crippen MR) is 184 cm³/mol. The van der Waals surface area contributed by atoms with Gasteiger partial charge in [-0.25, -0.2) is 0 Å². The van der Waals surface area contributed by atoms with Gasteiger partial charge < -0.3 is 42.9 Å². The SMILES string of the molecule is CCCCCCCCCCCCCCCCCC[N+](C)(C)CC[N+](C)(C)CCCCCCCCCCCCCC.[Br-].[Br-]. The minimum Gasteiger partial charge on any atom is -1.00 e. The lowest BCUT2D eigenvalue weighted by Gasteiger charge is -2.36. The van der Waals surface area contributed by atoms with Gasteiger partial charge in [0.1, 0.15) is 13.1 Å². The summed E-state index contributed by atoms with van der Waals surface area (Å²) in [5, 5.41) is 0. The molecule has 0 rings (SSSR count). The molecule has 258 valence electrons. The van der Waals surface area contributed by atoms with Crippen LogP contribution >= 0.6 is 0 Å². The number of nitrogens with zero attached hydrogens (tertiary/aromatic N) is 2. The van der Waals surface area contributed by atoms with E-state index < -0.39 is 0 Å². The van der Waals surface area contributed by atoms with Crippen LogP contribution in [0.4, 0.5) is 0 Å². The topological polar surface area (TPSA) is 0 Å². The molecule has 0 aromatic rings. The van der Waals surface area contributed by atoms with Gasteiger partial charge in [0.25, 0.3) is 0 Å². The molecule has 0 N–H and O–H groups in total. The Kier molecular flexibility index (Phi) is 39.1. The van der Waals surface area contributed by atoms with Crippen LogP contribution in [0.15, 0.2) is 0 Å². The quantitative estimate of drug-likeness (QED) is 0.0566. The van der Waals surface area contributed by atoms with Gasteiger partial charge in [-0.3, -0.25) is 0 Å². The molecule has 0 heterocycles. The third-order valence-electron chi connectivity index (χ3n) is 9.54. The standard InChI is InChI=1S/C38H82N2.2BrH/c1-7-9-11-13-15-17-19-21-22-23-24-26-28-30-32-34-36-40(5,6)38-37-39(3,4)35-33-31-29-27-25-20-18-16-14-12-10-8-2;;/h7-38H2,1-6H3;2*1H/q+2;;/p-2. The number of hydrogen-bond acceptors (Lipinski definition) is 0. The maximum atomic E-state index is 2.47. The molecule has 0 bridgehead atoms. The summed E-state index contributed by atoms with van der Waals surface area (Å²) >= 11 is 0. The predicted octanol–water partition coefficient (Wildman–Crippen LogP) is 6.11. The van der Waals surface area contributed by atoms with Crippen LogP contribution in [0.25, 0.3) is 0 Å². The average Bonchev–Trinajstić information content (AvgIpc) is 2.92. The fourth-order valence-corrected chi connectivity index (χ4v) is 6.23. The van der Waals surface area contributed by atoms with Crippen molar-refractivity contribution in [3.63, 3.8) is 0 Å². The third kappa shape index (κ3) is 37.1. The first kappa shape index (κ1) is 47.3. The summed E-state index contributed by atoms with van der Waals surface area (Å²) in [7, 11) is 9.87. The van der Waals surface area contributed by atoms with Crippen molar-refractivity contribution in [1.29, 1.82) is 0 Å². The zero-order valence-electron chi connectivity index (χ0n) is 30.3. The third-order valence-corrected chi connectivity index (χ3v) is 9.54. The van der Waals surface area contributed by atoms with E-state index in [1.807, 2.05) is 0 Å². The van der Waals surface area contributed by atoms with Gasteiger partial charge in [-0.1, -0.05) is 168 Å². The number of unbranched alkanes of at least 4 members (excludes halogenated alkanes) is 26. The summed E-state index contributed by atoms with van der Waals surface area (Å²) < 4.78 is 2.41. The largest absolute Gasteiger partial charge is 1.00 e. The smallest absolute Gasteiger partial charge is 0.128 e. The second-order valence-corrected chi connectivity index (χ2v) is 15.0. The first-order chi connectivity index (χ1) is 19.3. The first-order valence-electron chi connectivity index (χ1n) is 19.0. The normalized spacial score (nSPS) is 11.9. The fourth-order valence-electron chi connectivity index (χ4n) is 6.23. The van der Waals surface area contributed by atoms with E-state index in [0.29, 0.717) is 0 Å². The van der Waals surface area contributed by atoms with Crippen LogP contribution in [0.5, 0.6) is 0 Å². The number of halogens is 2. The van der Waals surface area contributed by atoms with Crippen molar-refractivity contribution >= 4 is 0 Å². The minimum atomic E-state index is 0. The molecule has 0 aliphatic carbocycles. The van der Waals surface area contributed by atoms with Crippen molar-refractivity contribution in [2.24, 2.45) is 0 Å². The molecule has 2 nitrogen and oxygen atoms in total. The monoisotopic (exact) mass is 724 g/mol. The molecular formula is C38H82Br2N2. The molecule has 0 saturated carbocycles. The van der Waals surface area contributed by atoms with Crippen molar-refractivity contribution in [2.45, 2.75) is 194 Å². The van der Waals surface area contributed by atoms with Gasteiger partial charge in [-0.2, -0.15) is 0 Å². The van der Waals surface area contributed by atoms with E-state index in [0.717, 1.165) is 0 Å². The summed E-state index contributed by atoms with van der Waals surface area (Å²) in [4.78, 5) is 0. The Morgan fingerprint density at radius 2 is 0.405 bits per heavy atom. The highest BCUT2D eigenvalue weighted by Crippen LogP contribution is 2.15. The summed E-state index contributed by atoms with van der Waals surface area (Å²) in [5.74, 6) is 0. The molecule has 0 fully saturated rings. The fraction of sp³-hybridized carbons (Fsp3) is 1.00. The van der Waals surface area contributed by atoms with Gasteiger partial charge in [0.2, 0.25) is 0 Å². The Hall–Kier alpha value is 0.880. The average molecular weight is 727 g/mol. The molecule has 0 aliphatic heterocycles. The Morgan fingerprint density at radius 1 is 0.238 bits per heavy atom. The van der Waals surface area contributed by atoms with E-state index in [9.17, 15) is 0 Å². The lowest BCUT2D eigenvalue weighted by atomic mass is 10.0. The van der Waals surface area contributed by atoms with E-state index in [-0.39, 0.29) is 34.0 Å². The van der Waals surface area contributed by atoms with Gasteiger partial charge in [0.15, 0.2) is 0 Å². The van der Waals surface area contributed by atoms with Crippen LogP contribution in [-0.4, -0.2) is 63.3 Å². The Bertz CT molecular complexity index is 495. The molecular weight excluding hydrogens is 644 g/mol. The van der Waals surface area contributed by atoms with E-state index in [4.69, 9.17) is 0 Å². The molecule has 0 spiro atoms. The van der Waals surface area contributed by atoms with E-state index >= 15 is 0 Å². The lowest BCUT2D eigenvalue weighted by molar-refractivity contribution is -0.946. The van der Waals surface area contributed by atoms with Crippen molar-refractivity contribution in [2.75, 3.05) is 54.4 Å². The molecule has 0 radical (unpaired) electrons. The van der Waals surface area contributed by atoms with Crippen LogP contribution in [0.1, 0.15) is 194 Å². The van der Waals surface area contributed by atoms with Gasteiger partial charge in [-0.15, -0.1) is 0 Å². The summed E-state index contributed by atoms with van der Waals surface area (Å²) in [6.45, 7) is 9.98. The maximum Gasteiger partial charge on any atom is 0.128 e. The van der Waals surface area contributed by atoms with E-state index in [1.165, 1.54) is 215 Å². The van der Waals surface area contributed by atoms with Crippen molar-refractivity contribution < 1.29 is 42.9 Å². The Morgan fingerprint density at radius 3 is 0.595 bits per heavy atom. The molecule has 4 heteroatoms. The zero-order valence-corrected chi connectivity index (χ0v) is 33.4. The first-order valence-corrected chi connectivity index (χ1v) is 19.0. The van der Waals surface area contributed by atoms with Crippen molar-refractivity contribution in [3.05, 3.63) is 0 Å². The molecule has 0 aromatic heterocycles. The number of rotatable bonds is 33. The van der Waals surface area contributed by atoms with Crippen molar-refractivity contribution in [3.8, 4) is 0 Å². The van der Waals surface area contributed by atoms with E-state index in [1.54, 1.807) is 0 Å². The van der Waals surface area contributed by atoms with Crippen LogP contribution in [0, 0.1) is 0 Å². The van der Waals surface area contributed by atoms with Crippen LogP contribution < -0.4 is 34.0 Å². The number of likely N-dealkylation sites (N-methyl/N-ethyl adjacent to an activating group) is 2. The molecule has 0 aromatic carbocycles. The highest BCUT2D eigenvalue weighted by atomic mass is 79.9. The molecule has 0 aliphatic rings. The van der Waals surface area contributed by atoms with Crippen LogP contribution in [0.3, 0.4) is 0 Å². The van der Waals surface area contributed by atoms with Gasteiger partial charge >= 0.3 is 0 Å². The van der Waals surface area contributed by atoms with Gasteiger partial charge in [-0.05, 0) is 25.7 Å². The Labute approximate surface area is 289 Å². The molecule has 0 amide bonds. The molecule has 0 unspecified atom stereocenters. The summed E-state index contributed by atoms with van der Waals surface area (Å²) in [6, 6.07) is 0. The number of hydrogen-bond donors (Lipinski definition) is 0. The highest BCUT2D eigenvalue weighted by molar-refractivity contribution is 4.51. The summed E-state index contributed by atoms with van der Waals surface area (Å²) in [6.07, 6.45) is 40.7. The zero-order chi connectivity index (χ0) is 29.6. The van der Waals surface area contributed by atoms with Crippen LogP contribution in [-0.2, 0) is 0 Å². The van der Waals surface area contributed by atoms with Gasteiger partial charge in [0.05, 0.1) is 41.3 Å². The van der Waals surface area contributed by atoms with E-state index in [2.05, 4.69) is 42.0 Å². The summed E-state index contributed by atoms with van der Waals surface area (Å²) in [5.41, 5.74) is 0. The molecule has 42 heavy (non-hydrogen) atoms. The minimum absolute atomic E-state index is 0. The molecule has 0 atom stereocenters. The van der Waals surface area contributed by atoms with Crippen molar-refractivity contribution in [1.82, 2.24) is 0 Å². The highest BCUT2D eigenvalue weighted by Gasteiger charge is 2.22. The lowest BCUT2D eigenvalue weighted by Crippen LogP contribution is -3.00. The second kappa shape index (κ2) is 34.7. The number of quaternary nitrogens is 2. The maximum absolute atomic E-state index is 2.47. The van der Waals surface area contributed by atoms with Gasteiger partial charge in [0, 0.05) is 0 Å². The Balaban J connectivity index is -0.00000760.